The molecular formula is C15H21F2N. The molecule has 2 atom stereocenters. The monoisotopic (exact) mass is 253 g/mol. The van der Waals surface area contributed by atoms with Gasteiger partial charge in [-0.05, 0) is 49.4 Å². The first-order chi connectivity index (χ1) is 8.65. The van der Waals surface area contributed by atoms with Crippen LogP contribution in [0.15, 0.2) is 18.2 Å². The van der Waals surface area contributed by atoms with Crippen LogP contribution in [0, 0.1) is 17.6 Å². The van der Waals surface area contributed by atoms with E-state index in [2.05, 4.69) is 12.2 Å². The van der Waals surface area contributed by atoms with E-state index in [4.69, 9.17) is 0 Å². The van der Waals surface area contributed by atoms with E-state index in [9.17, 15) is 8.78 Å². The van der Waals surface area contributed by atoms with E-state index < -0.39 is 11.6 Å². The van der Waals surface area contributed by atoms with Crippen molar-refractivity contribution in [3.05, 3.63) is 35.4 Å². The first-order valence-corrected chi connectivity index (χ1v) is 6.83. The Hall–Kier alpha value is -0.960. The molecule has 0 amide bonds. The van der Waals surface area contributed by atoms with Crippen molar-refractivity contribution in [3.63, 3.8) is 0 Å². The van der Waals surface area contributed by atoms with Crippen LogP contribution < -0.4 is 5.32 Å². The zero-order valence-corrected chi connectivity index (χ0v) is 10.9. The highest BCUT2D eigenvalue weighted by molar-refractivity contribution is 5.18. The van der Waals surface area contributed by atoms with Crippen LogP contribution >= 0.6 is 0 Å². The summed E-state index contributed by atoms with van der Waals surface area (Å²) in [7, 11) is 0. The van der Waals surface area contributed by atoms with Crippen molar-refractivity contribution in [2.75, 3.05) is 6.54 Å². The first kappa shape index (κ1) is 13.5. The van der Waals surface area contributed by atoms with Gasteiger partial charge in [0, 0.05) is 12.1 Å². The minimum atomic E-state index is -0.490. The van der Waals surface area contributed by atoms with E-state index in [1.54, 1.807) is 0 Å². The summed E-state index contributed by atoms with van der Waals surface area (Å²) < 4.78 is 26.0. The fourth-order valence-electron chi connectivity index (χ4n) is 2.78. The first-order valence-electron chi connectivity index (χ1n) is 6.83. The summed E-state index contributed by atoms with van der Waals surface area (Å²) in [6.45, 7) is 3.07. The Labute approximate surface area is 108 Å². The van der Waals surface area contributed by atoms with Gasteiger partial charge in [0.2, 0.25) is 0 Å². The lowest BCUT2D eigenvalue weighted by atomic mass is 9.86. The Morgan fingerprint density at radius 2 is 1.78 bits per heavy atom. The van der Waals surface area contributed by atoms with Gasteiger partial charge < -0.3 is 5.32 Å². The summed E-state index contributed by atoms with van der Waals surface area (Å²) in [5.74, 6) is -0.268. The molecule has 0 spiro atoms. The molecule has 3 heteroatoms. The molecule has 0 heterocycles. The standard InChI is InChI=1S/C15H21F2N/c1-11-4-2-3-5-15(11)18-7-6-12-8-13(16)10-14(17)9-12/h8-11,15,18H,2-7H2,1H3. The fraction of sp³-hybridized carbons (Fsp3) is 0.600. The van der Waals surface area contributed by atoms with Crippen molar-refractivity contribution in [2.45, 2.75) is 45.1 Å². The topological polar surface area (TPSA) is 12.0 Å². The average Bonchev–Trinajstić information content (AvgIpc) is 2.30. The molecule has 2 unspecified atom stereocenters. The van der Waals surface area contributed by atoms with Crippen LogP contribution in [0.1, 0.15) is 38.2 Å². The molecule has 1 aliphatic rings. The van der Waals surface area contributed by atoms with Crippen molar-refractivity contribution in [1.82, 2.24) is 5.32 Å². The molecule has 1 nitrogen and oxygen atoms in total. The Morgan fingerprint density at radius 1 is 1.11 bits per heavy atom. The molecule has 1 saturated carbocycles. The molecule has 0 bridgehead atoms. The normalized spacial score (nSPS) is 24.2. The van der Waals surface area contributed by atoms with Crippen LogP contribution in [-0.2, 0) is 6.42 Å². The van der Waals surface area contributed by atoms with E-state index in [0.717, 1.165) is 18.2 Å². The molecule has 18 heavy (non-hydrogen) atoms. The Morgan fingerprint density at radius 3 is 2.44 bits per heavy atom. The molecule has 1 aliphatic carbocycles. The predicted octanol–water partition coefficient (Wildman–Crippen LogP) is 3.68. The van der Waals surface area contributed by atoms with Crippen LogP contribution in [0.2, 0.25) is 0 Å². The molecule has 0 aliphatic heterocycles. The van der Waals surface area contributed by atoms with Crippen LogP contribution in [0.4, 0.5) is 8.78 Å². The maximum absolute atomic E-state index is 13.0. The fourth-order valence-corrected chi connectivity index (χ4v) is 2.78. The lowest BCUT2D eigenvalue weighted by molar-refractivity contribution is 0.282. The SMILES string of the molecule is CC1CCCCC1NCCc1cc(F)cc(F)c1. The van der Waals surface area contributed by atoms with Crippen molar-refractivity contribution in [1.29, 1.82) is 0 Å². The highest BCUT2D eigenvalue weighted by atomic mass is 19.1. The Balaban J connectivity index is 1.80. The molecule has 2 rings (SSSR count). The number of rotatable bonds is 4. The van der Waals surface area contributed by atoms with Crippen molar-refractivity contribution < 1.29 is 8.78 Å². The quantitative estimate of drug-likeness (QED) is 0.863. The highest BCUT2D eigenvalue weighted by Gasteiger charge is 2.20. The lowest BCUT2D eigenvalue weighted by Gasteiger charge is -2.29. The zero-order valence-electron chi connectivity index (χ0n) is 10.9. The molecule has 1 aromatic carbocycles. The molecule has 0 radical (unpaired) electrons. The number of halogens is 2. The van der Waals surface area contributed by atoms with E-state index in [1.807, 2.05) is 0 Å². The van der Waals surface area contributed by atoms with Gasteiger partial charge in [-0.3, -0.25) is 0 Å². The number of nitrogens with one attached hydrogen (secondary N) is 1. The maximum Gasteiger partial charge on any atom is 0.126 e. The Bertz CT molecular complexity index is 372. The van der Waals surface area contributed by atoms with Gasteiger partial charge in [-0.15, -0.1) is 0 Å². The van der Waals surface area contributed by atoms with Gasteiger partial charge in [0.05, 0.1) is 0 Å². The summed E-state index contributed by atoms with van der Waals surface area (Å²) in [5.41, 5.74) is 0.725. The second-order valence-corrected chi connectivity index (χ2v) is 5.35. The van der Waals surface area contributed by atoms with E-state index in [-0.39, 0.29) is 0 Å². The second-order valence-electron chi connectivity index (χ2n) is 5.35. The van der Waals surface area contributed by atoms with Gasteiger partial charge in [0.25, 0.3) is 0 Å². The molecule has 0 aromatic heterocycles. The van der Waals surface area contributed by atoms with Gasteiger partial charge in [-0.25, -0.2) is 8.78 Å². The summed E-state index contributed by atoms with van der Waals surface area (Å²) in [6.07, 6.45) is 5.80. The van der Waals surface area contributed by atoms with E-state index >= 15 is 0 Å². The van der Waals surface area contributed by atoms with Gasteiger partial charge in [-0.1, -0.05) is 19.8 Å². The number of hydrogen-bond donors (Lipinski definition) is 1. The third kappa shape index (κ3) is 3.77. The minimum Gasteiger partial charge on any atom is -0.313 e. The summed E-state index contributed by atoms with van der Waals surface area (Å²) in [4.78, 5) is 0. The smallest absolute Gasteiger partial charge is 0.126 e. The van der Waals surface area contributed by atoms with Crippen molar-refractivity contribution in [3.8, 4) is 0 Å². The van der Waals surface area contributed by atoms with Gasteiger partial charge in [-0.2, -0.15) is 0 Å². The average molecular weight is 253 g/mol. The molecule has 1 N–H and O–H groups in total. The number of hydrogen-bond acceptors (Lipinski definition) is 1. The van der Waals surface area contributed by atoms with Crippen molar-refractivity contribution >= 4 is 0 Å². The summed E-state index contributed by atoms with van der Waals surface area (Å²) in [6, 6.07) is 4.31. The second kappa shape index (κ2) is 6.28. The summed E-state index contributed by atoms with van der Waals surface area (Å²) in [5, 5.41) is 3.51. The zero-order chi connectivity index (χ0) is 13.0. The molecule has 100 valence electrons. The molecule has 1 aromatic rings. The molecular weight excluding hydrogens is 232 g/mol. The van der Waals surface area contributed by atoms with Crippen LogP contribution in [0.5, 0.6) is 0 Å². The van der Waals surface area contributed by atoms with Gasteiger partial charge in [0.1, 0.15) is 11.6 Å². The van der Waals surface area contributed by atoms with E-state index in [0.29, 0.717) is 18.4 Å². The minimum absolute atomic E-state index is 0.490. The molecule has 1 fully saturated rings. The maximum atomic E-state index is 13.0. The van der Waals surface area contributed by atoms with Crippen LogP contribution in [0.25, 0.3) is 0 Å². The van der Waals surface area contributed by atoms with Gasteiger partial charge in [0.15, 0.2) is 0 Å². The van der Waals surface area contributed by atoms with Crippen molar-refractivity contribution in [2.24, 2.45) is 5.92 Å². The van der Waals surface area contributed by atoms with Crippen LogP contribution in [0.3, 0.4) is 0 Å². The summed E-state index contributed by atoms with van der Waals surface area (Å²) >= 11 is 0. The molecule has 0 saturated heterocycles. The predicted molar refractivity (Wildman–Crippen MR) is 69.5 cm³/mol. The Kier molecular flexibility index (Phi) is 4.70. The highest BCUT2D eigenvalue weighted by Crippen LogP contribution is 2.23. The largest absolute Gasteiger partial charge is 0.313 e. The van der Waals surface area contributed by atoms with E-state index in [1.165, 1.54) is 37.8 Å². The lowest BCUT2D eigenvalue weighted by Crippen LogP contribution is -2.38. The van der Waals surface area contributed by atoms with Gasteiger partial charge >= 0.3 is 0 Å². The number of benzene rings is 1. The third-order valence-electron chi connectivity index (χ3n) is 3.85. The third-order valence-corrected chi connectivity index (χ3v) is 3.85. The van der Waals surface area contributed by atoms with Crippen LogP contribution in [-0.4, -0.2) is 12.6 Å².